The number of nitrogens with zero attached hydrogens (tertiary/aromatic N) is 1. The van der Waals surface area contributed by atoms with E-state index in [9.17, 15) is 22.4 Å². The Labute approximate surface area is 237 Å². The van der Waals surface area contributed by atoms with E-state index in [4.69, 9.17) is 16.3 Å². The van der Waals surface area contributed by atoms with Crippen molar-refractivity contribution >= 4 is 78.9 Å². The van der Waals surface area contributed by atoms with Gasteiger partial charge < -0.3 is 15.4 Å². The number of esters is 1. The predicted molar refractivity (Wildman–Crippen MR) is 154 cm³/mol. The monoisotopic (exact) mass is 675 g/mol. The first-order valence-corrected chi connectivity index (χ1v) is 14.3. The molecule has 0 saturated heterocycles. The summed E-state index contributed by atoms with van der Waals surface area (Å²) in [5, 5.41) is 5.88. The van der Waals surface area contributed by atoms with E-state index in [0.717, 1.165) is 0 Å². The van der Waals surface area contributed by atoms with Crippen molar-refractivity contribution in [1.29, 1.82) is 0 Å². The zero-order valence-corrected chi connectivity index (χ0v) is 24.2. The van der Waals surface area contributed by atoms with Crippen LogP contribution in [0.3, 0.4) is 0 Å². The van der Waals surface area contributed by atoms with Crippen molar-refractivity contribution in [3.05, 3.63) is 72.3 Å². The smallest absolute Gasteiger partial charge is 0.344 e. The highest BCUT2D eigenvalue weighted by molar-refractivity contribution is 14.1. The number of rotatable bonds is 9. The lowest BCUT2D eigenvalue weighted by molar-refractivity contribution is 0.0474. The minimum atomic E-state index is -3.87. The Bertz CT molecular complexity index is 1590. The maximum Gasteiger partial charge on any atom is 0.344 e. The van der Waals surface area contributed by atoms with Gasteiger partial charge in [0.15, 0.2) is 0 Å². The Morgan fingerprint density at radius 1 is 1.16 bits per heavy atom. The van der Waals surface area contributed by atoms with Gasteiger partial charge in [0, 0.05) is 23.2 Å². The Kier molecular flexibility index (Phi) is 8.20. The van der Waals surface area contributed by atoms with Crippen LogP contribution in [0.1, 0.15) is 28.8 Å². The first-order valence-electron chi connectivity index (χ1n) is 11.3. The zero-order valence-electron chi connectivity index (χ0n) is 20.5. The third-order valence-corrected chi connectivity index (χ3v) is 7.88. The summed E-state index contributed by atoms with van der Waals surface area (Å²) in [5.74, 6) is -1.28. The minimum absolute atomic E-state index is 0.00824. The van der Waals surface area contributed by atoms with E-state index in [2.05, 4.69) is 20.1 Å². The molecule has 1 aliphatic carbocycles. The number of hydrogen-bond donors (Lipinski definition) is 4. The number of aromatic nitrogens is 1. The second-order valence-electron chi connectivity index (χ2n) is 8.54. The maximum absolute atomic E-state index is 14.7. The molecule has 3 aromatic rings. The van der Waals surface area contributed by atoms with E-state index in [-0.39, 0.29) is 50.8 Å². The van der Waals surface area contributed by atoms with Gasteiger partial charge in [0.2, 0.25) is 0 Å². The van der Waals surface area contributed by atoms with Crippen molar-refractivity contribution in [2.75, 3.05) is 22.4 Å². The molecule has 1 fully saturated rings. The largest absolute Gasteiger partial charge is 0.459 e. The van der Waals surface area contributed by atoms with Crippen molar-refractivity contribution in [2.45, 2.75) is 25.9 Å². The molecule has 38 heavy (non-hydrogen) atoms. The zero-order chi connectivity index (χ0) is 27.8. The molecular weight excluding hydrogens is 652 g/mol. The van der Waals surface area contributed by atoms with Gasteiger partial charge in [-0.3, -0.25) is 14.1 Å². The Morgan fingerprint density at radius 2 is 1.84 bits per heavy atom. The average molecular weight is 676 g/mol. The average Bonchev–Trinajstić information content (AvgIpc) is 3.68. The fourth-order valence-electron chi connectivity index (χ4n) is 3.59. The molecule has 0 bridgehead atoms. The SMILES string of the molecule is CNS(=O)(=O)Nc1cccc(Nc2c(C(=O)OC3CC3)c(Nc3ccc(I)cc3F)n(C)c(=O)c2C)c1Cl. The standard InChI is InChI=1S/C24H24ClFIN5O5S/c1-12-21(29-17-5-4-6-18(20(17)25)31-38(35,36)28-2)19(24(34)37-14-8-9-14)22(32(3)23(12)33)30-16-10-7-13(27)11-15(16)26/h4-7,10-11,14,28-31H,8-9H2,1-3H3. The molecule has 4 N–H and O–H groups in total. The highest BCUT2D eigenvalue weighted by Crippen LogP contribution is 2.38. The van der Waals surface area contributed by atoms with Crippen molar-refractivity contribution in [3.63, 3.8) is 0 Å². The van der Waals surface area contributed by atoms with Crippen LogP contribution in [0.5, 0.6) is 0 Å². The van der Waals surface area contributed by atoms with Crippen LogP contribution in [0.2, 0.25) is 5.02 Å². The minimum Gasteiger partial charge on any atom is -0.459 e. The van der Waals surface area contributed by atoms with Crippen LogP contribution in [-0.4, -0.2) is 32.1 Å². The first-order chi connectivity index (χ1) is 17.9. The Balaban J connectivity index is 1.87. The number of halogens is 3. The van der Waals surface area contributed by atoms with Crippen LogP contribution >= 0.6 is 34.2 Å². The number of anilines is 5. The molecule has 202 valence electrons. The Hall–Kier alpha value is -2.88. The second kappa shape index (κ2) is 11.1. The van der Waals surface area contributed by atoms with Crippen molar-refractivity contribution in [3.8, 4) is 0 Å². The van der Waals surface area contributed by atoms with Gasteiger partial charge >= 0.3 is 5.97 Å². The molecule has 0 amide bonds. The number of benzene rings is 2. The molecular formula is C24H24ClFIN5O5S. The first kappa shape index (κ1) is 28.1. The molecule has 0 unspecified atom stereocenters. The van der Waals surface area contributed by atoms with E-state index < -0.39 is 27.6 Å². The number of ether oxygens (including phenoxy) is 1. The van der Waals surface area contributed by atoms with Gasteiger partial charge in [-0.1, -0.05) is 17.7 Å². The lowest BCUT2D eigenvalue weighted by atomic mass is 10.1. The number of carbonyl (C=O) groups is 1. The van der Waals surface area contributed by atoms with E-state index >= 15 is 0 Å². The number of pyridine rings is 1. The summed E-state index contributed by atoms with van der Waals surface area (Å²) in [7, 11) is -1.17. The molecule has 1 heterocycles. The molecule has 1 saturated carbocycles. The number of carbonyl (C=O) groups excluding carboxylic acids is 1. The highest BCUT2D eigenvalue weighted by Gasteiger charge is 2.32. The van der Waals surface area contributed by atoms with E-state index in [1.807, 2.05) is 22.6 Å². The molecule has 10 nitrogen and oxygen atoms in total. The van der Waals surface area contributed by atoms with Gasteiger partial charge in [-0.15, -0.1) is 0 Å². The molecule has 2 aromatic carbocycles. The lowest BCUT2D eigenvalue weighted by Crippen LogP contribution is -2.28. The van der Waals surface area contributed by atoms with Gasteiger partial charge in [0.05, 0.1) is 27.8 Å². The summed E-state index contributed by atoms with van der Waals surface area (Å²) in [4.78, 5) is 26.6. The normalized spacial score (nSPS) is 13.2. The predicted octanol–water partition coefficient (Wildman–Crippen LogP) is 4.77. The van der Waals surface area contributed by atoms with Crippen molar-refractivity contribution in [1.82, 2.24) is 9.29 Å². The molecule has 4 rings (SSSR count). The Morgan fingerprint density at radius 3 is 2.47 bits per heavy atom. The van der Waals surface area contributed by atoms with Crippen molar-refractivity contribution in [2.24, 2.45) is 7.05 Å². The van der Waals surface area contributed by atoms with Crippen molar-refractivity contribution < 1.29 is 22.3 Å². The number of nitrogens with one attached hydrogen (secondary N) is 4. The second-order valence-corrected chi connectivity index (χ2v) is 11.8. The van der Waals surface area contributed by atoms with Crippen LogP contribution in [0.25, 0.3) is 0 Å². The molecule has 0 radical (unpaired) electrons. The van der Waals surface area contributed by atoms with E-state index in [1.54, 1.807) is 18.2 Å². The van der Waals surface area contributed by atoms with Crippen LogP contribution < -0.4 is 25.6 Å². The third-order valence-electron chi connectivity index (χ3n) is 5.78. The number of hydrogen-bond acceptors (Lipinski definition) is 7. The summed E-state index contributed by atoms with van der Waals surface area (Å²) >= 11 is 8.47. The van der Waals surface area contributed by atoms with Crippen LogP contribution in [0.4, 0.5) is 33.0 Å². The van der Waals surface area contributed by atoms with E-state index in [1.165, 1.54) is 43.8 Å². The van der Waals surface area contributed by atoms with Gasteiger partial charge in [-0.25, -0.2) is 13.9 Å². The quantitative estimate of drug-likeness (QED) is 0.190. The fraction of sp³-hybridized carbons (Fsp3) is 0.250. The topological polar surface area (TPSA) is 131 Å². The maximum atomic E-state index is 14.7. The van der Waals surface area contributed by atoms with Gasteiger partial charge in [0.25, 0.3) is 15.8 Å². The summed E-state index contributed by atoms with van der Waals surface area (Å²) in [6.07, 6.45) is 1.18. The highest BCUT2D eigenvalue weighted by atomic mass is 127. The van der Waals surface area contributed by atoms with E-state index in [0.29, 0.717) is 16.4 Å². The molecule has 0 aliphatic heterocycles. The van der Waals surface area contributed by atoms with Crippen LogP contribution in [0, 0.1) is 16.3 Å². The summed E-state index contributed by atoms with van der Waals surface area (Å²) in [5.41, 5.74) is 0.0833. The fourth-order valence-corrected chi connectivity index (χ4v) is 4.88. The van der Waals surface area contributed by atoms with Crippen LogP contribution in [-0.2, 0) is 22.0 Å². The van der Waals surface area contributed by atoms with Gasteiger partial charge in [0.1, 0.15) is 23.3 Å². The molecule has 0 spiro atoms. The summed E-state index contributed by atoms with van der Waals surface area (Å²) in [6, 6.07) is 9.04. The molecule has 14 heteroatoms. The van der Waals surface area contributed by atoms with Gasteiger partial charge in [-0.2, -0.15) is 8.42 Å². The molecule has 1 aromatic heterocycles. The molecule has 1 aliphatic rings. The van der Waals surface area contributed by atoms with Crippen LogP contribution in [0.15, 0.2) is 41.2 Å². The molecule has 0 atom stereocenters. The lowest BCUT2D eigenvalue weighted by Gasteiger charge is -2.22. The summed E-state index contributed by atoms with van der Waals surface area (Å²) in [6.45, 7) is 1.52. The third kappa shape index (κ3) is 6.06. The van der Waals surface area contributed by atoms with Gasteiger partial charge in [-0.05, 0) is 72.7 Å². The summed E-state index contributed by atoms with van der Waals surface area (Å²) < 4.78 is 50.6.